The maximum atomic E-state index is 12.6. The zero-order valence-electron chi connectivity index (χ0n) is 19.2. The van der Waals surface area contributed by atoms with Crippen LogP contribution >= 0.6 is 0 Å². The zero-order valence-corrected chi connectivity index (χ0v) is 19.2. The average molecular weight is 456 g/mol. The molecule has 3 aromatic carbocycles. The van der Waals surface area contributed by atoms with E-state index < -0.39 is 0 Å². The van der Waals surface area contributed by atoms with Gasteiger partial charge >= 0.3 is 6.01 Å². The molecule has 1 N–H and O–H groups in total. The summed E-state index contributed by atoms with van der Waals surface area (Å²) in [7, 11) is 3.18. The van der Waals surface area contributed by atoms with Crippen LogP contribution in [0.1, 0.15) is 21.5 Å². The molecule has 0 unspecified atom stereocenters. The summed E-state index contributed by atoms with van der Waals surface area (Å²) in [6.07, 6.45) is 3.45. The van der Waals surface area contributed by atoms with E-state index in [1.54, 1.807) is 50.9 Å². The number of nitrogens with zero attached hydrogens (tertiary/aromatic N) is 2. The van der Waals surface area contributed by atoms with Gasteiger partial charge in [0.15, 0.2) is 0 Å². The second-order valence-electron chi connectivity index (χ2n) is 7.61. The largest absolute Gasteiger partial charge is 0.497 e. The number of methoxy groups -OCH3 is 2. The van der Waals surface area contributed by atoms with E-state index in [-0.39, 0.29) is 11.9 Å². The molecule has 0 bridgehead atoms. The second kappa shape index (κ2) is 10.5. The highest BCUT2D eigenvalue weighted by Crippen LogP contribution is 2.24. The smallest absolute Gasteiger partial charge is 0.321 e. The quantitative estimate of drug-likeness (QED) is 0.394. The predicted molar refractivity (Wildman–Crippen MR) is 129 cm³/mol. The monoisotopic (exact) mass is 455 g/mol. The maximum absolute atomic E-state index is 12.6. The Morgan fingerprint density at radius 2 is 1.50 bits per heavy atom. The Labute approximate surface area is 198 Å². The Morgan fingerprint density at radius 3 is 2.15 bits per heavy atom. The van der Waals surface area contributed by atoms with Crippen LogP contribution in [-0.2, 0) is 6.54 Å². The minimum absolute atomic E-state index is 0.213. The van der Waals surface area contributed by atoms with Crippen molar-refractivity contribution in [2.75, 3.05) is 14.2 Å². The molecule has 0 aliphatic heterocycles. The van der Waals surface area contributed by atoms with Crippen LogP contribution in [0.3, 0.4) is 0 Å². The Balaban J connectivity index is 1.36. The maximum Gasteiger partial charge on any atom is 0.321 e. The normalized spacial score (nSPS) is 10.4. The Kier molecular flexibility index (Phi) is 7.03. The van der Waals surface area contributed by atoms with Gasteiger partial charge in [0.25, 0.3) is 5.91 Å². The van der Waals surface area contributed by atoms with Crippen molar-refractivity contribution in [3.63, 3.8) is 0 Å². The summed E-state index contributed by atoms with van der Waals surface area (Å²) < 4.78 is 16.3. The van der Waals surface area contributed by atoms with E-state index in [4.69, 9.17) is 14.2 Å². The summed E-state index contributed by atoms with van der Waals surface area (Å²) in [5.74, 6) is 1.70. The number of nitrogens with one attached hydrogen (secondary N) is 1. The number of benzene rings is 3. The van der Waals surface area contributed by atoms with Crippen molar-refractivity contribution in [1.82, 2.24) is 15.3 Å². The number of rotatable bonds is 8. The van der Waals surface area contributed by atoms with Crippen molar-refractivity contribution < 1.29 is 19.0 Å². The van der Waals surface area contributed by atoms with Crippen molar-refractivity contribution >= 4 is 5.91 Å². The molecular weight excluding hydrogens is 430 g/mol. The highest BCUT2D eigenvalue weighted by Gasteiger charge is 2.10. The third kappa shape index (κ3) is 5.50. The molecule has 0 aliphatic rings. The van der Waals surface area contributed by atoms with Crippen molar-refractivity contribution in [2.24, 2.45) is 0 Å². The van der Waals surface area contributed by atoms with Crippen LogP contribution in [-0.4, -0.2) is 30.1 Å². The Bertz CT molecular complexity index is 1250. The fourth-order valence-electron chi connectivity index (χ4n) is 3.34. The van der Waals surface area contributed by atoms with Gasteiger partial charge in [0.2, 0.25) is 0 Å². The van der Waals surface area contributed by atoms with Gasteiger partial charge in [-0.15, -0.1) is 0 Å². The summed E-state index contributed by atoms with van der Waals surface area (Å²) in [6, 6.07) is 20.6. The fourth-order valence-corrected chi connectivity index (χ4v) is 3.34. The van der Waals surface area contributed by atoms with Crippen molar-refractivity contribution in [1.29, 1.82) is 0 Å². The molecule has 1 amide bonds. The van der Waals surface area contributed by atoms with Gasteiger partial charge in [0, 0.05) is 35.6 Å². The number of aryl methyl sites for hydroxylation is 1. The molecule has 0 atom stereocenters. The van der Waals surface area contributed by atoms with E-state index in [0.29, 0.717) is 29.4 Å². The number of carbonyl (C=O) groups is 1. The molecule has 0 radical (unpaired) electrons. The number of hydrogen-bond acceptors (Lipinski definition) is 6. The third-order valence-corrected chi connectivity index (χ3v) is 5.27. The molecule has 4 aromatic rings. The summed E-state index contributed by atoms with van der Waals surface area (Å²) in [6.45, 7) is 2.35. The molecule has 0 aliphatic carbocycles. The first-order valence-electron chi connectivity index (χ1n) is 10.7. The van der Waals surface area contributed by atoms with Crippen LogP contribution in [0.2, 0.25) is 0 Å². The van der Waals surface area contributed by atoms with Crippen LogP contribution in [0.4, 0.5) is 0 Å². The molecular formula is C27H25N3O4. The lowest BCUT2D eigenvalue weighted by Crippen LogP contribution is -2.23. The van der Waals surface area contributed by atoms with Crippen LogP contribution in [0.25, 0.3) is 11.1 Å². The van der Waals surface area contributed by atoms with E-state index in [1.807, 2.05) is 49.4 Å². The summed E-state index contributed by atoms with van der Waals surface area (Å²) >= 11 is 0. The van der Waals surface area contributed by atoms with Gasteiger partial charge in [-0.25, -0.2) is 9.97 Å². The first-order valence-corrected chi connectivity index (χ1v) is 10.7. The van der Waals surface area contributed by atoms with E-state index in [2.05, 4.69) is 15.3 Å². The molecule has 7 nitrogen and oxygen atoms in total. The molecule has 1 aromatic heterocycles. The molecule has 7 heteroatoms. The van der Waals surface area contributed by atoms with Crippen molar-refractivity contribution in [2.45, 2.75) is 13.5 Å². The third-order valence-electron chi connectivity index (χ3n) is 5.27. The average Bonchev–Trinajstić information content (AvgIpc) is 2.88. The van der Waals surface area contributed by atoms with Gasteiger partial charge in [0.1, 0.15) is 17.2 Å². The zero-order chi connectivity index (χ0) is 23.9. The van der Waals surface area contributed by atoms with Crippen LogP contribution in [0.15, 0.2) is 79.1 Å². The molecule has 172 valence electrons. The summed E-state index contributed by atoms with van der Waals surface area (Å²) in [5, 5.41) is 2.90. The van der Waals surface area contributed by atoms with E-state index in [1.165, 1.54) is 5.56 Å². The summed E-state index contributed by atoms with van der Waals surface area (Å²) in [4.78, 5) is 21.2. The lowest BCUT2D eigenvalue weighted by atomic mass is 10.1. The van der Waals surface area contributed by atoms with Crippen LogP contribution < -0.4 is 19.5 Å². The second-order valence-corrected chi connectivity index (χ2v) is 7.61. The number of aromatic nitrogens is 2. The molecule has 34 heavy (non-hydrogen) atoms. The highest BCUT2D eigenvalue weighted by atomic mass is 16.5. The van der Waals surface area contributed by atoms with Gasteiger partial charge in [-0.3, -0.25) is 4.79 Å². The van der Waals surface area contributed by atoms with Crippen LogP contribution in [0, 0.1) is 6.92 Å². The Morgan fingerprint density at radius 1 is 0.824 bits per heavy atom. The lowest BCUT2D eigenvalue weighted by Gasteiger charge is -2.12. The van der Waals surface area contributed by atoms with Gasteiger partial charge in [-0.2, -0.15) is 0 Å². The van der Waals surface area contributed by atoms with E-state index in [9.17, 15) is 4.79 Å². The molecule has 0 saturated carbocycles. The predicted octanol–water partition coefficient (Wildman–Crippen LogP) is 5.19. The van der Waals surface area contributed by atoms with E-state index in [0.717, 1.165) is 16.7 Å². The molecule has 0 spiro atoms. The first-order chi connectivity index (χ1) is 16.6. The first kappa shape index (κ1) is 22.8. The number of hydrogen-bond donors (Lipinski definition) is 1. The summed E-state index contributed by atoms with van der Waals surface area (Å²) in [5.41, 5.74) is 4.47. The molecule has 0 saturated heterocycles. The van der Waals surface area contributed by atoms with Gasteiger partial charge < -0.3 is 19.5 Å². The lowest BCUT2D eigenvalue weighted by molar-refractivity contribution is 0.0950. The molecule has 4 rings (SSSR count). The van der Waals surface area contributed by atoms with Gasteiger partial charge in [-0.1, -0.05) is 29.8 Å². The standard InChI is InChI=1S/C27H25N3O4/c1-18-4-6-19(7-5-18)22-16-29-27(30-17-22)34-23-10-8-20(9-11-23)26(31)28-15-21-14-24(32-2)12-13-25(21)33-3/h4-14,16-17H,15H2,1-3H3,(H,28,31). The fraction of sp³-hybridized carbons (Fsp3) is 0.148. The SMILES string of the molecule is COc1ccc(OC)c(CNC(=O)c2ccc(Oc3ncc(-c4ccc(C)cc4)cn3)cc2)c1. The Hall–Kier alpha value is -4.39. The number of amides is 1. The van der Waals surface area contributed by atoms with Gasteiger partial charge in [-0.05, 0) is 55.0 Å². The number of ether oxygens (including phenoxy) is 3. The van der Waals surface area contributed by atoms with Gasteiger partial charge in [0.05, 0.1) is 14.2 Å². The minimum atomic E-state index is -0.213. The number of carbonyl (C=O) groups excluding carboxylic acids is 1. The minimum Gasteiger partial charge on any atom is -0.497 e. The van der Waals surface area contributed by atoms with Crippen molar-refractivity contribution in [3.05, 3.63) is 95.8 Å². The van der Waals surface area contributed by atoms with Crippen molar-refractivity contribution in [3.8, 4) is 34.4 Å². The van der Waals surface area contributed by atoms with E-state index >= 15 is 0 Å². The highest BCUT2D eigenvalue weighted by molar-refractivity contribution is 5.94. The topological polar surface area (TPSA) is 82.6 Å². The molecule has 1 heterocycles. The van der Waals surface area contributed by atoms with Crippen LogP contribution in [0.5, 0.6) is 23.3 Å². The molecule has 0 fully saturated rings.